The number of rotatable bonds is 4. The van der Waals surface area contributed by atoms with E-state index in [2.05, 4.69) is 10.4 Å². The molecule has 3 rings (SSSR count). The highest BCUT2D eigenvalue weighted by Crippen LogP contribution is 2.48. The molecule has 6 heteroatoms. The van der Waals surface area contributed by atoms with Crippen molar-refractivity contribution < 1.29 is 14.7 Å². The van der Waals surface area contributed by atoms with E-state index in [1.165, 1.54) is 0 Å². The Morgan fingerprint density at radius 3 is 2.70 bits per heavy atom. The zero-order chi connectivity index (χ0) is 14.3. The number of carboxylic acid groups (broad SMARTS) is 1. The number of nitrogens with one attached hydrogen (secondary N) is 1. The molecule has 4 atom stereocenters. The van der Waals surface area contributed by atoms with Gasteiger partial charge in [-0.25, -0.2) is 0 Å². The third-order valence-corrected chi connectivity index (χ3v) is 4.27. The summed E-state index contributed by atoms with van der Waals surface area (Å²) in [6.45, 7) is 0.386. The maximum Gasteiger partial charge on any atom is 0.307 e. The second-order valence-electron chi connectivity index (χ2n) is 5.58. The Bertz CT molecular complexity index is 578. The van der Waals surface area contributed by atoms with Gasteiger partial charge in [0.25, 0.3) is 0 Å². The number of aromatic nitrogens is 2. The van der Waals surface area contributed by atoms with Crippen LogP contribution in [0.25, 0.3) is 0 Å². The molecule has 1 aromatic rings. The smallest absolute Gasteiger partial charge is 0.307 e. The van der Waals surface area contributed by atoms with E-state index in [1.807, 2.05) is 25.4 Å². The Hall–Kier alpha value is -2.11. The van der Waals surface area contributed by atoms with Crippen molar-refractivity contribution in [2.45, 2.75) is 13.0 Å². The third-order valence-electron chi connectivity index (χ3n) is 4.27. The van der Waals surface area contributed by atoms with Crippen LogP contribution in [0.2, 0.25) is 0 Å². The van der Waals surface area contributed by atoms with Crippen molar-refractivity contribution in [3.8, 4) is 0 Å². The van der Waals surface area contributed by atoms with E-state index in [0.29, 0.717) is 6.54 Å². The highest BCUT2D eigenvalue weighted by Gasteiger charge is 2.51. The predicted molar refractivity (Wildman–Crippen MR) is 70.4 cm³/mol. The zero-order valence-corrected chi connectivity index (χ0v) is 11.2. The second-order valence-corrected chi connectivity index (χ2v) is 5.58. The van der Waals surface area contributed by atoms with Gasteiger partial charge in [0.2, 0.25) is 5.91 Å². The highest BCUT2D eigenvalue weighted by atomic mass is 16.4. The number of carbonyl (C=O) groups excluding carboxylic acids is 1. The summed E-state index contributed by atoms with van der Waals surface area (Å²) in [6.07, 6.45) is 8.22. The van der Waals surface area contributed by atoms with Crippen LogP contribution >= 0.6 is 0 Å². The van der Waals surface area contributed by atoms with Gasteiger partial charge in [-0.05, 0) is 18.3 Å². The SMILES string of the molecule is Cn1cc(CNC(=O)[C@@H]2[C@@H](C(=O)O)[C@H]3C=C[C@@H]2C3)cn1. The molecule has 1 amide bonds. The molecule has 2 aliphatic rings. The molecule has 1 heterocycles. The summed E-state index contributed by atoms with van der Waals surface area (Å²) >= 11 is 0. The summed E-state index contributed by atoms with van der Waals surface area (Å²) in [5.74, 6) is -2.00. The van der Waals surface area contributed by atoms with E-state index >= 15 is 0 Å². The fraction of sp³-hybridized carbons (Fsp3) is 0.500. The fourth-order valence-electron chi connectivity index (χ4n) is 3.39. The molecule has 0 saturated heterocycles. The van der Waals surface area contributed by atoms with Crippen molar-refractivity contribution >= 4 is 11.9 Å². The standard InChI is InChI=1S/C14H17N3O3/c1-17-7-8(6-16-17)5-15-13(18)11-9-2-3-10(4-9)12(11)14(19)20/h2-3,6-7,9-12H,4-5H2,1H3,(H,15,18)(H,19,20)/t9-,10+,11+,12+/m1/s1. The quantitative estimate of drug-likeness (QED) is 0.786. The van der Waals surface area contributed by atoms with Crippen molar-refractivity contribution in [2.75, 3.05) is 0 Å². The van der Waals surface area contributed by atoms with Crippen molar-refractivity contribution in [2.24, 2.45) is 30.7 Å². The number of aryl methyl sites for hydroxylation is 1. The number of carboxylic acids is 1. The predicted octanol–water partition coefficient (Wildman–Crippen LogP) is 0.559. The fourth-order valence-corrected chi connectivity index (χ4v) is 3.39. The average molecular weight is 275 g/mol. The number of aliphatic carboxylic acids is 1. The first-order chi connectivity index (χ1) is 9.56. The summed E-state index contributed by atoms with van der Waals surface area (Å²) in [4.78, 5) is 23.7. The van der Waals surface area contributed by atoms with Gasteiger partial charge >= 0.3 is 5.97 Å². The van der Waals surface area contributed by atoms with Gasteiger partial charge in [-0.1, -0.05) is 12.2 Å². The minimum absolute atomic E-state index is 0.00615. The number of hydrogen-bond acceptors (Lipinski definition) is 3. The molecule has 1 saturated carbocycles. The van der Waals surface area contributed by atoms with Crippen LogP contribution in [0.15, 0.2) is 24.5 Å². The van der Waals surface area contributed by atoms with Gasteiger partial charge in [-0.2, -0.15) is 5.10 Å². The van der Waals surface area contributed by atoms with Crippen molar-refractivity contribution in [3.05, 3.63) is 30.1 Å². The first kappa shape index (κ1) is 12.9. The number of amides is 1. The molecule has 0 spiro atoms. The molecule has 0 aliphatic heterocycles. The van der Waals surface area contributed by atoms with Gasteiger partial charge in [-0.3, -0.25) is 14.3 Å². The summed E-state index contributed by atoms with van der Waals surface area (Å²) < 4.78 is 1.67. The molecule has 1 aromatic heterocycles. The van der Waals surface area contributed by atoms with Crippen molar-refractivity contribution in [1.29, 1.82) is 0 Å². The molecule has 106 valence electrons. The Morgan fingerprint density at radius 1 is 1.40 bits per heavy atom. The Balaban J connectivity index is 1.67. The molecular weight excluding hydrogens is 258 g/mol. The Labute approximate surface area is 116 Å². The van der Waals surface area contributed by atoms with E-state index in [1.54, 1.807) is 10.9 Å². The van der Waals surface area contributed by atoms with Gasteiger partial charge in [0.05, 0.1) is 18.0 Å². The maximum atomic E-state index is 12.3. The minimum Gasteiger partial charge on any atom is -0.481 e. The van der Waals surface area contributed by atoms with Crippen LogP contribution in [0, 0.1) is 23.7 Å². The minimum atomic E-state index is -0.872. The lowest BCUT2D eigenvalue weighted by Gasteiger charge is -2.23. The molecule has 20 heavy (non-hydrogen) atoms. The van der Waals surface area contributed by atoms with E-state index in [9.17, 15) is 14.7 Å². The van der Waals surface area contributed by atoms with Crippen LogP contribution in [0.5, 0.6) is 0 Å². The zero-order valence-electron chi connectivity index (χ0n) is 11.2. The molecule has 0 aromatic carbocycles. The van der Waals surface area contributed by atoms with E-state index in [0.717, 1.165) is 12.0 Å². The number of carbonyl (C=O) groups is 2. The normalized spacial score (nSPS) is 30.6. The summed E-state index contributed by atoms with van der Waals surface area (Å²) in [5, 5.41) is 16.2. The lowest BCUT2D eigenvalue weighted by molar-refractivity contribution is -0.147. The van der Waals surface area contributed by atoms with Gasteiger partial charge in [0, 0.05) is 25.4 Å². The van der Waals surface area contributed by atoms with Gasteiger partial charge in [-0.15, -0.1) is 0 Å². The van der Waals surface area contributed by atoms with Crippen molar-refractivity contribution in [1.82, 2.24) is 15.1 Å². The number of fused-ring (bicyclic) bond motifs is 2. The molecular formula is C14H17N3O3. The molecule has 2 bridgehead atoms. The first-order valence-electron chi connectivity index (χ1n) is 6.72. The lowest BCUT2D eigenvalue weighted by atomic mass is 9.82. The van der Waals surface area contributed by atoms with E-state index < -0.39 is 17.8 Å². The summed E-state index contributed by atoms with van der Waals surface area (Å²) in [6, 6.07) is 0. The van der Waals surface area contributed by atoms with Gasteiger partial charge < -0.3 is 10.4 Å². The number of hydrogen-bond donors (Lipinski definition) is 2. The van der Waals surface area contributed by atoms with Crippen molar-refractivity contribution in [3.63, 3.8) is 0 Å². The largest absolute Gasteiger partial charge is 0.481 e. The Morgan fingerprint density at radius 2 is 2.10 bits per heavy atom. The maximum absolute atomic E-state index is 12.3. The topological polar surface area (TPSA) is 84.2 Å². The average Bonchev–Trinajstić information content (AvgIpc) is 3.10. The molecule has 1 fully saturated rings. The van der Waals surface area contributed by atoms with Crippen LogP contribution in [0.1, 0.15) is 12.0 Å². The van der Waals surface area contributed by atoms with Gasteiger partial charge in [0.1, 0.15) is 0 Å². The summed E-state index contributed by atoms with van der Waals surface area (Å²) in [5.41, 5.74) is 0.909. The van der Waals surface area contributed by atoms with Crippen LogP contribution in [0.3, 0.4) is 0 Å². The van der Waals surface area contributed by atoms with Crippen LogP contribution in [0.4, 0.5) is 0 Å². The third kappa shape index (κ3) is 2.11. The van der Waals surface area contributed by atoms with E-state index in [-0.39, 0.29) is 17.7 Å². The Kier molecular flexibility index (Phi) is 3.08. The highest BCUT2D eigenvalue weighted by molar-refractivity contribution is 5.86. The molecule has 0 radical (unpaired) electrons. The monoisotopic (exact) mass is 275 g/mol. The lowest BCUT2D eigenvalue weighted by Crippen LogP contribution is -2.39. The first-order valence-corrected chi connectivity index (χ1v) is 6.72. The van der Waals surface area contributed by atoms with Crippen LogP contribution in [-0.4, -0.2) is 26.8 Å². The van der Waals surface area contributed by atoms with Crippen LogP contribution < -0.4 is 5.32 Å². The van der Waals surface area contributed by atoms with E-state index in [4.69, 9.17) is 0 Å². The molecule has 2 N–H and O–H groups in total. The molecule has 6 nitrogen and oxygen atoms in total. The molecule has 0 unspecified atom stereocenters. The second kappa shape index (κ2) is 4.77. The van der Waals surface area contributed by atoms with Crippen LogP contribution in [-0.2, 0) is 23.2 Å². The van der Waals surface area contributed by atoms with Gasteiger partial charge in [0.15, 0.2) is 0 Å². The summed E-state index contributed by atoms with van der Waals surface area (Å²) in [7, 11) is 1.81. The number of allylic oxidation sites excluding steroid dienone is 2. The number of nitrogens with zero attached hydrogens (tertiary/aromatic N) is 2. The molecule has 2 aliphatic carbocycles.